The molecule has 200 valence electrons. The van der Waals surface area contributed by atoms with Crippen LogP contribution >= 0.6 is 0 Å². The quantitative estimate of drug-likeness (QED) is 0.140. The van der Waals surface area contributed by atoms with Crippen LogP contribution in [0.1, 0.15) is 0 Å². The number of hydrogen-bond acceptors (Lipinski definition) is 5. The molecule has 0 saturated heterocycles. The number of aromatic nitrogens is 6. The Kier molecular flexibility index (Phi) is 5.56. The van der Waals surface area contributed by atoms with Crippen LogP contribution in [0.2, 0.25) is 0 Å². The van der Waals surface area contributed by atoms with Gasteiger partial charge in [0.2, 0.25) is 0 Å². The van der Waals surface area contributed by atoms with E-state index in [9.17, 15) is 0 Å². The second-order valence-electron chi connectivity index (χ2n) is 9.87. The SMILES string of the molecule is [Pt+2].[c-]1c(Oc2[c-]c3c(cc2)c2ccc(-c4ccccc4)nc2n2ccnc32)ccc2c1c1nccn1c1cccnc21. The summed E-state index contributed by atoms with van der Waals surface area (Å²) in [6.07, 6.45) is 9.26. The van der Waals surface area contributed by atoms with Gasteiger partial charge in [-0.25, -0.2) is 4.98 Å². The first-order chi connectivity index (χ1) is 20.3. The van der Waals surface area contributed by atoms with Gasteiger partial charge in [-0.2, -0.15) is 0 Å². The maximum Gasteiger partial charge on any atom is 2.00 e. The van der Waals surface area contributed by atoms with Crippen molar-refractivity contribution in [3.63, 3.8) is 0 Å². The van der Waals surface area contributed by atoms with Gasteiger partial charge in [-0.1, -0.05) is 82.2 Å². The van der Waals surface area contributed by atoms with Crippen molar-refractivity contribution in [2.45, 2.75) is 0 Å². The third kappa shape index (κ3) is 3.64. The van der Waals surface area contributed by atoms with Crippen molar-refractivity contribution in [2.75, 3.05) is 0 Å². The zero-order valence-electron chi connectivity index (χ0n) is 21.8. The van der Waals surface area contributed by atoms with Crippen molar-refractivity contribution in [1.82, 2.24) is 28.7 Å². The van der Waals surface area contributed by atoms with Gasteiger partial charge in [-0.3, -0.25) is 15.0 Å². The first-order valence-corrected chi connectivity index (χ1v) is 13.2. The monoisotopic (exact) mass is 721 g/mol. The van der Waals surface area contributed by atoms with Crippen molar-refractivity contribution < 1.29 is 25.8 Å². The summed E-state index contributed by atoms with van der Waals surface area (Å²) in [5, 5.41) is 4.72. The third-order valence-corrected chi connectivity index (χ3v) is 7.55. The van der Waals surface area contributed by atoms with Gasteiger partial charge in [0.05, 0.1) is 28.0 Å². The second-order valence-corrected chi connectivity index (χ2v) is 9.87. The van der Waals surface area contributed by atoms with Crippen LogP contribution in [0.3, 0.4) is 0 Å². The molecule has 0 saturated carbocycles. The van der Waals surface area contributed by atoms with E-state index in [-0.39, 0.29) is 21.1 Å². The van der Waals surface area contributed by atoms with E-state index in [1.54, 1.807) is 18.6 Å². The largest absolute Gasteiger partial charge is 2.00 e. The molecule has 0 N–H and O–H groups in total. The third-order valence-electron chi connectivity index (χ3n) is 7.55. The molecule has 0 aliphatic rings. The fourth-order valence-electron chi connectivity index (χ4n) is 5.71. The zero-order valence-corrected chi connectivity index (χ0v) is 24.1. The predicted molar refractivity (Wildman–Crippen MR) is 159 cm³/mol. The maximum atomic E-state index is 6.33. The van der Waals surface area contributed by atoms with E-state index in [2.05, 4.69) is 51.4 Å². The van der Waals surface area contributed by atoms with Gasteiger partial charge in [-0.05, 0) is 23.6 Å². The molecule has 7 nitrogen and oxygen atoms in total. The van der Waals surface area contributed by atoms with E-state index >= 15 is 0 Å². The average Bonchev–Trinajstić information content (AvgIpc) is 3.73. The van der Waals surface area contributed by atoms with Crippen molar-refractivity contribution in [2.24, 2.45) is 0 Å². The second kappa shape index (κ2) is 9.47. The molecule has 0 bridgehead atoms. The molecule has 9 aromatic rings. The molecule has 42 heavy (non-hydrogen) atoms. The number of rotatable bonds is 3. The Balaban J connectivity index is 0.00000267. The molecule has 3 aromatic carbocycles. The molecule has 0 atom stereocenters. The molecular weight excluding hydrogens is 703 g/mol. The average molecular weight is 722 g/mol. The van der Waals surface area contributed by atoms with Gasteiger partial charge < -0.3 is 13.5 Å². The number of ether oxygens (including phenoxy) is 1. The standard InChI is InChI=1S/C34H18N6O.Pt/c1-2-5-21(6-3-1)29-13-12-26-24-10-8-22(19-27(24)33-37-16-18-40(33)34(26)38-29)41-23-9-11-25-28(20-23)32-36-15-17-39(32)30-7-4-14-35-31(25)30;/h1-18H;/q-2;+2. The maximum absolute atomic E-state index is 6.33. The Morgan fingerprint density at radius 1 is 0.571 bits per heavy atom. The fraction of sp³-hybridized carbons (Fsp3) is 0. The van der Waals surface area contributed by atoms with E-state index in [1.807, 2.05) is 75.8 Å². The van der Waals surface area contributed by atoms with Crippen LogP contribution < -0.4 is 4.74 Å². The summed E-state index contributed by atoms with van der Waals surface area (Å²) in [6.45, 7) is 0. The molecule has 0 radical (unpaired) electrons. The van der Waals surface area contributed by atoms with Crippen molar-refractivity contribution in [3.05, 3.63) is 122 Å². The Morgan fingerprint density at radius 2 is 1.26 bits per heavy atom. The normalized spacial score (nSPS) is 11.6. The van der Waals surface area contributed by atoms with Crippen LogP contribution in [0.4, 0.5) is 0 Å². The Labute approximate surface area is 253 Å². The van der Waals surface area contributed by atoms with E-state index in [0.29, 0.717) is 11.5 Å². The van der Waals surface area contributed by atoms with Crippen LogP contribution in [0.25, 0.3) is 66.2 Å². The van der Waals surface area contributed by atoms with Crippen molar-refractivity contribution in [3.8, 4) is 22.8 Å². The summed E-state index contributed by atoms with van der Waals surface area (Å²) in [4.78, 5) is 18.9. The first-order valence-electron chi connectivity index (χ1n) is 13.2. The number of imidazole rings is 2. The van der Waals surface area contributed by atoms with E-state index in [4.69, 9.17) is 9.72 Å². The number of fused-ring (bicyclic) bond motifs is 12. The van der Waals surface area contributed by atoms with Crippen molar-refractivity contribution in [1.29, 1.82) is 0 Å². The Morgan fingerprint density at radius 3 is 2.07 bits per heavy atom. The van der Waals surface area contributed by atoms with Crippen LogP contribution in [-0.4, -0.2) is 28.7 Å². The summed E-state index contributed by atoms with van der Waals surface area (Å²) in [5.74, 6) is 1.15. The molecule has 9 rings (SSSR count). The molecule has 0 aliphatic heterocycles. The topological polar surface area (TPSA) is 69.6 Å². The molecule has 8 heteroatoms. The van der Waals surface area contributed by atoms with Gasteiger partial charge in [0.25, 0.3) is 0 Å². The van der Waals surface area contributed by atoms with E-state index in [0.717, 1.165) is 66.2 Å². The smallest absolute Gasteiger partial charge is 0.497 e. The van der Waals surface area contributed by atoms with Gasteiger partial charge in [0, 0.05) is 48.0 Å². The van der Waals surface area contributed by atoms with E-state index < -0.39 is 0 Å². The fourth-order valence-corrected chi connectivity index (χ4v) is 5.71. The van der Waals surface area contributed by atoms with Crippen LogP contribution in [-0.2, 0) is 21.1 Å². The molecule has 0 spiro atoms. The summed E-state index contributed by atoms with van der Waals surface area (Å²) in [6, 6.07) is 33.1. The summed E-state index contributed by atoms with van der Waals surface area (Å²) >= 11 is 0. The molecule has 6 heterocycles. The minimum atomic E-state index is 0. The van der Waals surface area contributed by atoms with Crippen LogP contribution in [0, 0.1) is 12.1 Å². The predicted octanol–water partition coefficient (Wildman–Crippen LogP) is 7.44. The van der Waals surface area contributed by atoms with Crippen LogP contribution in [0.15, 0.2) is 110 Å². The molecule has 0 fully saturated rings. The zero-order chi connectivity index (χ0) is 26.9. The van der Waals surface area contributed by atoms with Gasteiger partial charge in [0.1, 0.15) is 5.65 Å². The Hall–Kier alpha value is -5.13. The molecule has 0 unspecified atom stereocenters. The minimum Gasteiger partial charge on any atom is -0.497 e. The molecule has 0 amide bonds. The molecular formula is C34H18N6OPt. The Bertz CT molecular complexity index is 2470. The summed E-state index contributed by atoms with van der Waals surface area (Å²) in [7, 11) is 0. The van der Waals surface area contributed by atoms with Gasteiger partial charge in [-0.15, -0.1) is 12.1 Å². The number of nitrogens with zero attached hydrogens (tertiary/aromatic N) is 6. The first kappa shape index (κ1) is 24.6. The van der Waals surface area contributed by atoms with E-state index in [1.165, 1.54) is 0 Å². The number of hydrogen-bond donors (Lipinski definition) is 0. The summed E-state index contributed by atoms with van der Waals surface area (Å²) in [5.41, 5.74) is 6.31. The molecule has 0 aliphatic carbocycles. The van der Waals surface area contributed by atoms with Gasteiger partial charge >= 0.3 is 21.1 Å². The number of benzene rings is 3. The number of pyridine rings is 4. The van der Waals surface area contributed by atoms with Gasteiger partial charge in [0.15, 0.2) is 0 Å². The summed E-state index contributed by atoms with van der Waals surface area (Å²) < 4.78 is 10.4. The molecule has 6 aromatic heterocycles. The minimum absolute atomic E-state index is 0. The van der Waals surface area contributed by atoms with Crippen molar-refractivity contribution >= 4 is 54.9 Å². The van der Waals surface area contributed by atoms with Crippen LogP contribution in [0.5, 0.6) is 11.5 Å².